The van der Waals surface area contributed by atoms with E-state index in [4.69, 9.17) is 11.6 Å². The lowest BCUT2D eigenvalue weighted by Gasteiger charge is -2.08. The van der Waals surface area contributed by atoms with Crippen LogP contribution in [0.3, 0.4) is 0 Å². The van der Waals surface area contributed by atoms with Crippen molar-refractivity contribution in [1.82, 2.24) is 25.5 Å². The molecule has 154 valence electrons. The number of carbonyl (C=O) groups excluding carboxylic acids is 1. The Morgan fingerprint density at radius 2 is 1.81 bits per heavy atom. The molecule has 5 aromatic rings. The fourth-order valence-corrected chi connectivity index (χ4v) is 3.61. The molecular weight excluding hydrogens is 424 g/mol. The summed E-state index contributed by atoms with van der Waals surface area (Å²) < 4.78 is 27.8. The highest BCUT2D eigenvalue weighted by atomic mass is 35.5. The number of aromatic amines is 2. The van der Waals surface area contributed by atoms with E-state index in [0.29, 0.717) is 28.1 Å². The molecule has 2 aromatic heterocycles. The second kappa shape index (κ2) is 7.48. The predicted molar refractivity (Wildman–Crippen MR) is 114 cm³/mol. The lowest BCUT2D eigenvalue weighted by molar-refractivity contribution is 0.0950. The molecule has 0 bridgehead atoms. The molecule has 9 heteroatoms. The largest absolute Gasteiger partial charge is 0.348 e. The summed E-state index contributed by atoms with van der Waals surface area (Å²) in [6, 6.07) is 14.6. The number of hydrogen-bond acceptors (Lipinski definition) is 3. The number of imidazole rings is 1. The third-order valence-electron chi connectivity index (χ3n) is 4.97. The van der Waals surface area contributed by atoms with E-state index < -0.39 is 17.5 Å². The van der Waals surface area contributed by atoms with E-state index >= 15 is 0 Å². The van der Waals surface area contributed by atoms with Crippen molar-refractivity contribution in [3.05, 3.63) is 82.4 Å². The standard InChI is InChI=1S/C22H14ClF2N5O/c23-12-8-15(24)14(16(25)9-12)10-26-22(31)11-5-6-18-19(7-11)28-21(27-18)20-13-3-1-2-4-17(13)29-30-20/h1-9H,10H2,(H,26,31)(H,27,28)(H,29,30). The minimum absolute atomic E-state index is 0.0460. The molecule has 0 aliphatic carbocycles. The highest BCUT2D eigenvalue weighted by Gasteiger charge is 2.15. The molecule has 3 N–H and O–H groups in total. The Balaban J connectivity index is 1.40. The van der Waals surface area contributed by atoms with Crippen LogP contribution in [0.25, 0.3) is 33.5 Å². The van der Waals surface area contributed by atoms with Gasteiger partial charge in [0.1, 0.15) is 17.3 Å². The van der Waals surface area contributed by atoms with Crippen LogP contribution in [0.2, 0.25) is 5.02 Å². The first-order valence-electron chi connectivity index (χ1n) is 9.34. The number of nitrogens with one attached hydrogen (secondary N) is 3. The first-order valence-corrected chi connectivity index (χ1v) is 9.72. The van der Waals surface area contributed by atoms with Crippen molar-refractivity contribution in [1.29, 1.82) is 0 Å². The number of H-pyrrole nitrogens is 2. The first kappa shape index (κ1) is 19.2. The van der Waals surface area contributed by atoms with Gasteiger partial charge in [-0.05, 0) is 36.4 Å². The lowest BCUT2D eigenvalue weighted by atomic mass is 10.1. The Morgan fingerprint density at radius 1 is 1.03 bits per heavy atom. The van der Waals surface area contributed by atoms with E-state index in [0.717, 1.165) is 23.0 Å². The summed E-state index contributed by atoms with van der Waals surface area (Å²) in [6.45, 7) is -0.306. The number of amides is 1. The van der Waals surface area contributed by atoms with Gasteiger partial charge in [-0.1, -0.05) is 29.8 Å². The van der Waals surface area contributed by atoms with Crippen LogP contribution in [0, 0.1) is 11.6 Å². The summed E-state index contributed by atoms with van der Waals surface area (Å²) in [5, 5.41) is 10.7. The average Bonchev–Trinajstić information content (AvgIpc) is 3.36. The summed E-state index contributed by atoms with van der Waals surface area (Å²) in [7, 11) is 0. The summed E-state index contributed by atoms with van der Waals surface area (Å²) in [5.74, 6) is -1.54. The number of benzene rings is 3. The molecule has 0 atom stereocenters. The summed E-state index contributed by atoms with van der Waals surface area (Å²) in [6.07, 6.45) is 0. The van der Waals surface area contributed by atoms with Crippen LogP contribution in [-0.4, -0.2) is 26.1 Å². The number of fused-ring (bicyclic) bond motifs is 2. The SMILES string of the molecule is O=C(NCc1c(F)cc(Cl)cc1F)c1ccc2nc(-c3n[nH]c4ccccc34)[nH]c2c1. The molecule has 0 saturated heterocycles. The number of halogens is 3. The molecule has 5 rings (SSSR count). The maximum Gasteiger partial charge on any atom is 0.251 e. The first-order chi connectivity index (χ1) is 15.0. The molecule has 0 spiro atoms. The molecule has 3 aromatic carbocycles. The Labute approximate surface area is 179 Å². The third-order valence-corrected chi connectivity index (χ3v) is 5.19. The Morgan fingerprint density at radius 3 is 2.61 bits per heavy atom. The minimum atomic E-state index is -0.815. The number of rotatable bonds is 4. The van der Waals surface area contributed by atoms with E-state index in [9.17, 15) is 13.6 Å². The monoisotopic (exact) mass is 437 g/mol. The van der Waals surface area contributed by atoms with Gasteiger partial charge in [-0.3, -0.25) is 9.89 Å². The predicted octanol–water partition coefficient (Wildman–Crippen LogP) is 4.97. The fourth-order valence-electron chi connectivity index (χ4n) is 3.42. The van der Waals surface area contributed by atoms with Gasteiger partial charge in [0, 0.05) is 28.1 Å². The Kier molecular flexibility index (Phi) is 4.63. The summed E-state index contributed by atoms with van der Waals surface area (Å²) >= 11 is 5.62. The van der Waals surface area contributed by atoms with Gasteiger partial charge >= 0.3 is 0 Å². The van der Waals surface area contributed by atoms with Crippen LogP contribution in [0.5, 0.6) is 0 Å². The third kappa shape index (κ3) is 3.51. The van der Waals surface area contributed by atoms with Crippen LogP contribution in [-0.2, 0) is 6.54 Å². The fraction of sp³-hybridized carbons (Fsp3) is 0.0455. The lowest BCUT2D eigenvalue weighted by Crippen LogP contribution is -2.24. The van der Waals surface area contributed by atoms with Gasteiger partial charge in [0.2, 0.25) is 0 Å². The minimum Gasteiger partial charge on any atom is -0.348 e. The van der Waals surface area contributed by atoms with Crippen LogP contribution in [0.4, 0.5) is 8.78 Å². The van der Waals surface area contributed by atoms with Gasteiger partial charge in [-0.25, -0.2) is 13.8 Å². The van der Waals surface area contributed by atoms with Gasteiger partial charge < -0.3 is 10.3 Å². The van der Waals surface area contributed by atoms with Gasteiger partial charge in [0.05, 0.1) is 16.6 Å². The van der Waals surface area contributed by atoms with Crippen molar-refractivity contribution in [2.75, 3.05) is 0 Å². The van der Waals surface area contributed by atoms with Crippen molar-refractivity contribution in [2.24, 2.45) is 0 Å². The molecule has 0 fully saturated rings. The van der Waals surface area contributed by atoms with E-state index in [-0.39, 0.29) is 17.1 Å². The topological polar surface area (TPSA) is 86.5 Å². The molecule has 0 aliphatic heterocycles. The maximum absolute atomic E-state index is 13.9. The van der Waals surface area contributed by atoms with Crippen molar-refractivity contribution in [3.63, 3.8) is 0 Å². The number of aromatic nitrogens is 4. The van der Waals surface area contributed by atoms with Crippen molar-refractivity contribution >= 4 is 39.4 Å². The number of hydrogen-bond donors (Lipinski definition) is 3. The number of para-hydroxylation sites is 1. The highest BCUT2D eigenvalue weighted by molar-refractivity contribution is 6.30. The van der Waals surface area contributed by atoms with E-state index in [1.165, 1.54) is 0 Å². The average molecular weight is 438 g/mol. The van der Waals surface area contributed by atoms with E-state index in [1.54, 1.807) is 18.2 Å². The van der Waals surface area contributed by atoms with Crippen LogP contribution < -0.4 is 5.32 Å². The smallest absolute Gasteiger partial charge is 0.251 e. The van der Waals surface area contributed by atoms with E-state index in [1.807, 2.05) is 24.3 Å². The van der Waals surface area contributed by atoms with Crippen molar-refractivity contribution in [2.45, 2.75) is 6.54 Å². The van der Waals surface area contributed by atoms with Crippen molar-refractivity contribution in [3.8, 4) is 11.5 Å². The molecule has 6 nitrogen and oxygen atoms in total. The molecule has 0 radical (unpaired) electrons. The quantitative estimate of drug-likeness (QED) is 0.371. The molecule has 0 aliphatic rings. The Bertz CT molecular complexity index is 1440. The normalized spacial score (nSPS) is 11.3. The zero-order valence-corrected chi connectivity index (χ0v) is 16.6. The Hall–Kier alpha value is -3.78. The highest BCUT2D eigenvalue weighted by Crippen LogP contribution is 2.26. The number of carbonyl (C=O) groups is 1. The molecule has 2 heterocycles. The zero-order chi connectivity index (χ0) is 21.5. The van der Waals surface area contributed by atoms with Crippen molar-refractivity contribution < 1.29 is 13.6 Å². The van der Waals surface area contributed by atoms with Gasteiger partial charge in [0.15, 0.2) is 5.82 Å². The van der Waals surface area contributed by atoms with Crippen LogP contribution >= 0.6 is 11.6 Å². The van der Waals surface area contributed by atoms with Gasteiger partial charge in [-0.2, -0.15) is 5.10 Å². The summed E-state index contributed by atoms with van der Waals surface area (Å²) in [4.78, 5) is 20.3. The maximum atomic E-state index is 13.9. The molecular formula is C22H14ClF2N5O. The second-order valence-electron chi connectivity index (χ2n) is 6.97. The van der Waals surface area contributed by atoms with E-state index in [2.05, 4.69) is 25.5 Å². The van der Waals surface area contributed by atoms with Crippen LogP contribution in [0.1, 0.15) is 15.9 Å². The zero-order valence-electron chi connectivity index (χ0n) is 15.8. The molecule has 0 unspecified atom stereocenters. The molecule has 31 heavy (non-hydrogen) atoms. The number of nitrogens with zero attached hydrogens (tertiary/aromatic N) is 2. The molecule has 0 saturated carbocycles. The summed E-state index contributed by atoms with van der Waals surface area (Å²) in [5.41, 5.74) is 2.93. The molecule has 1 amide bonds. The van der Waals surface area contributed by atoms with Crippen LogP contribution in [0.15, 0.2) is 54.6 Å². The second-order valence-corrected chi connectivity index (χ2v) is 7.40. The van der Waals surface area contributed by atoms with Gasteiger partial charge in [0.25, 0.3) is 5.91 Å². The van der Waals surface area contributed by atoms with Gasteiger partial charge in [-0.15, -0.1) is 0 Å².